The summed E-state index contributed by atoms with van der Waals surface area (Å²) in [5, 5.41) is 19.5. The number of nitrogens with one attached hydrogen (secondary N) is 1. The molecule has 0 spiro atoms. The number of non-ortho nitro benzene ring substituents is 1. The van der Waals surface area contributed by atoms with Crippen LogP contribution in [0.5, 0.6) is 0 Å². The van der Waals surface area contributed by atoms with Gasteiger partial charge in [-0.15, -0.1) is 0 Å². The van der Waals surface area contributed by atoms with Crippen LogP contribution in [0.1, 0.15) is 29.7 Å². The van der Waals surface area contributed by atoms with E-state index in [0.29, 0.717) is 23.2 Å². The number of hydrogen-bond acceptors (Lipinski definition) is 7. The zero-order valence-electron chi connectivity index (χ0n) is 15.5. The Morgan fingerprint density at radius 2 is 1.85 bits per heavy atom. The molecule has 2 aromatic heterocycles. The second kappa shape index (κ2) is 7.32. The minimum absolute atomic E-state index is 0.0421. The molecule has 0 saturated carbocycles. The number of anilines is 1. The van der Waals surface area contributed by atoms with Crippen molar-refractivity contribution in [2.45, 2.75) is 27.7 Å². The van der Waals surface area contributed by atoms with Gasteiger partial charge in [0.05, 0.1) is 16.3 Å². The van der Waals surface area contributed by atoms with Crippen molar-refractivity contribution >= 4 is 17.2 Å². The molecule has 2 heterocycles. The van der Waals surface area contributed by atoms with Crippen LogP contribution in [0, 0.1) is 30.9 Å². The molecule has 0 aliphatic rings. The molecule has 0 amide bonds. The van der Waals surface area contributed by atoms with Crippen molar-refractivity contribution in [1.82, 2.24) is 19.7 Å². The fourth-order valence-corrected chi connectivity index (χ4v) is 2.61. The molecular weight excluding hydrogens is 346 g/mol. The standard InChI is InChI=1S/C18H19N7O2/c1-11-9-12(2)24(23-11)18-10-17(19-14(4)20-18)22-21-13(3)15-5-7-16(8-6-15)25(26)27/h5-10H,1-4H3,(H,19,20,22)/b21-13-. The van der Waals surface area contributed by atoms with Gasteiger partial charge in [0.15, 0.2) is 11.6 Å². The van der Waals surface area contributed by atoms with Gasteiger partial charge in [-0.1, -0.05) is 0 Å². The molecule has 0 aliphatic heterocycles. The topological polar surface area (TPSA) is 111 Å². The zero-order valence-corrected chi connectivity index (χ0v) is 15.5. The van der Waals surface area contributed by atoms with Crippen molar-refractivity contribution in [3.05, 3.63) is 69.3 Å². The molecular formula is C18H19N7O2. The maximum absolute atomic E-state index is 10.7. The summed E-state index contributed by atoms with van der Waals surface area (Å²) in [6, 6.07) is 9.95. The molecule has 0 unspecified atom stereocenters. The molecule has 9 heteroatoms. The summed E-state index contributed by atoms with van der Waals surface area (Å²) in [6.07, 6.45) is 0. The smallest absolute Gasteiger partial charge is 0.261 e. The highest BCUT2D eigenvalue weighted by Gasteiger charge is 2.09. The van der Waals surface area contributed by atoms with Gasteiger partial charge in [0.25, 0.3) is 5.69 Å². The van der Waals surface area contributed by atoms with Crippen LogP contribution in [-0.2, 0) is 0 Å². The van der Waals surface area contributed by atoms with E-state index in [9.17, 15) is 10.1 Å². The van der Waals surface area contributed by atoms with E-state index in [-0.39, 0.29) is 5.69 Å². The Labute approximate surface area is 155 Å². The Morgan fingerprint density at radius 3 is 2.44 bits per heavy atom. The Hall–Kier alpha value is -3.62. The Balaban J connectivity index is 1.84. The Morgan fingerprint density at radius 1 is 1.15 bits per heavy atom. The van der Waals surface area contributed by atoms with E-state index in [1.807, 2.05) is 26.8 Å². The molecule has 1 aromatic carbocycles. The van der Waals surface area contributed by atoms with E-state index in [1.165, 1.54) is 12.1 Å². The summed E-state index contributed by atoms with van der Waals surface area (Å²) < 4.78 is 1.75. The molecule has 0 radical (unpaired) electrons. The zero-order chi connectivity index (χ0) is 19.6. The summed E-state index contributed by atoms with van der Waals surface area (Å²) in [7, 11) is 0. The fourth-order valence-electron chi connectivity index (χ4n) is 2.61. The van der Waals surface area contributed by atoms with Crippen LogP contribution in [0.4, 0.5) is 11.5 Å². The van der Waals surface area contributed by atoms with Crippen molar-refractivity contribution in [3.63, 3.8) is 0 Å². The lowest BCUT2D eigenvalue weighted by Crippen LogP contribution is -2.07. The van der Waals surface area contributed by atoms with Gasteiger partial charge in [-0.2, -0.15) is 10.2 Å². The van der Waals surface area contributed by atoms with Gasteiger partial charge in [-0.05, 0) is 51.5 Å². The summed E-state index contributed by atoms with van der Waals surface area (Å²) in [5.74, 6) is 1.77. The fraction of sp³-hybridized carbons (Fsp3) is 0.222. The number of nitrogens with zero attached hydrogens (tertiary/aromatic N) is 6. The highest BCUT2D eigenvalue weighted by Crippen LogP contribution is 2.15. The first-order valence-corrected chi connectivity index (χ1v) is 8.28. The third-order valence-corrected chi connectivity index (χ3v) is 3.89. The summed E-state index contributed by atoms with van der Waals surface area (Å²) in [5.41, 5.74) is 6.29. The lowest BCUT2D eigenvalue weighted by atomic mass is 10.1. The molecule has 0 saturated heterocycles. The van der Waals surface area contributed by atoms with E-state index >= 15 is 0 Å². The first-order valence-electron chi connectivity index (χ1n) is 8.28. The molecule has 1 N–H and O–H groups in total. The number of nitro groups is 1. The average molecular weight is 365 g/mol. The molecule has 138 valence electrons. The van der Waals surface area contributed by atoms with Crippen LogP contribution in [0.3, 0.4) is 0 Å². The quantitative estimate of drug-likeness (QED) is 0.422. The van der Waals surface area contributed by atoms with E-state index in [1.54, 1.807) is 29.8 Å². The molecule has 9 nitrogen and oxygen atoms in total. The summed E-state index contributed by atoms with van der Waals surface area (Å²) in [4.78, 5) is 19.1. The maximum atomic E-state index is 10.7. The van der Waals surface area contributed by atoms with Crippen LogP contribution >= 0.6 is 0 Å². The van der Waals surface area contributed by atoms with Gasteiger partial charge in [0, 0.05) is 23.9 Å². The SMILES string of the molecule is C/C(=N/Nc1cc(-n2nc(C)cc2C)nc(C)n1)c1ccc([N+](=O)[O-])cc1. The number of aromatic nitrogens is 4. The van der Waals surface area contributed by atoms with Gasteiger partial charge >= 0.3 is 0 Å². The van der Waals surface area contributed by atoms with Crippen LogP contribution < -0.4 is 5.43 Å². The normalized spacial score (nSPS) is 11.5. The summed E-state index contributed by atoms with van der Waals surface area (Å²) >= 11 is 0. The number of nitro benzene ring substituents is 1. The Bertz CT molecular complexity index is 1020. The minimum atomic E-state index is -0.432. The highest BCUT2D eigenvalue weighted by atomic mass is 16.6. The summed E-state index contributed by atoms with van der Waals surface area (Å²) in [6.45, 7) is 7.49. The molecule has 0 bridgehead atoms. The minimum Gasteiger partial charge on any atom is -0.261 e. The van der Waals surface area contributed by atoms with E-state index in [2.05, 4.69) is 25.6 Å². The monoisotopic (exact) mass is 365 g/mol. The predicted octanol–water partition coefficient (Wildman–Crippen LogP) is 3.33. The number of rotatable bonds is 5. The maximum Gasteiger partial charge on any atom is 0.269 e. The number of hydrazone groups is 1. The molecule has 3 rings (SSSR count). The third-order valence-electron chi connectivity index (χ3n) is 3.89. The first-order chi connectivity index (χ1) is 12.8. The van der Waals surface area contributed by atoms with Crippen LogP contribution in [-0.4, -0.2) is 30.4 Å². The van der Waals surface area contributed by atoms with Crippen molar-refractivity contribution in [3.8, 4) is 5.82 Å². The number of hydrogen-bond donors (Lipinski definition) is 1. The predicted molar refractivity (Wildman–Crippen MR) is 102 cm³/mol. The molecule has 27 heavy (non-hydrogen) atoms. The van der Waals surface area contributed by atoms with Gasteiger partial charge in [0.2, 0.25) is 0 Å². The van der Waals surface area contributed by atoms with E-state index in [0.717, 1.165) is 17.0 Å². The number of aryl methyl sites for hydroxylation is 3. The molecule has 3 aromatic rings. The second-order valence-electron chi connectivity index (χ2n) is 6.11. The van der Waals surface area contributed by atoms with Crippen molar-refractivity contribution in [2.24, 2.45) is 5.10 Å². The van der Waals surface area contributed by atoms with Crippen LogP contribution in [0.15, 0.2) is 41.5 Å². The van der Waals surface area contributed by atoms with Crippen LogP contribution in [0.25, 0.3) is 5.82 Å². The lowest BCUT2D eigenvalue weighted by molar-refractivity contribution is -0.384. The Kier molecular flexibility index (Phi) is 4.93. The van der Waals surface area contributed by atoms with Crippen molar-refractivity contribution in [1.29, 1.82) is 0 Å². The van der Waals surface area contributed by atoms with Gasteiger partial charge in [0.1, 0.15) is 5.82 Å². The van der Waals surface area contributed by atoms with Crippen molar-refractivity contribution in [2.75, 3.05) is 5.43 Å². The highest BCUT2D eigenvalue weighted by molar-refractivity contribution is 5.99. The van der Waals surface area contributed by atoms with Gasteiger partial charge in [-0.3, -0.25) is 15.5 Å². The van der Waals surface area contributed by atoms with Crippen LogP contribution in [0.2, 0.25) is 0 Å². The van der Waals surface area contributed by atoms with Crippen molar-refractivity contribution < 1.29 is 4.92 Å². The first kappa shape index (κ1) is 18.2. The largest absolute Gasteiger partial charge is 0.269 e. The lowest BCUT2D eigenvalue weighted by Gasteiger charge is -2.08. The van der Waals surface area contributed by atoms with Gasteiger partial charge in [-0.25, -0.2) is 14.6 Å². The second-order valence-corrected chi connectivity index (χ2v) is 6.11. The molecule has 0 aliphatic carbocycles. The third kappa shape index (κ3) is 4.14. The molecule has 0 fully saturated rings. The molecule has 0 atom stereocenters. The number of benzene rings is 1. The van der Waals surface area contributed by atoms with Gasteiger partial charge < -0.3 is 0 Å². The van der Waals surface area contributed by atoms with E-state index < -0.39 is 4.92 Å². The average Bonchev–Trinajstić information content (AvgIpc) is 2.97. The van der Waals surface area contributed by atoms with E-state index in [4.69, 9.17) is 0 Å².